The van der Waals surface area contributed by atoms with Crippen LogP contribution in [-0.2, 0) is 80.4 Å². The quantitative estimate of drug-likeness (QED) is 0.111. The summed E-state index contributed by atoms with van der Waals surface area (Å²) in [5.74, 6) is 0. The summed E-state index contributed by atoms with van der Waals surface area (Å²) in [6, 6.07) is 153. The first kappa shape index (κ1) is 113. The van der Waals surface area contributed by atoms with E-state index in [1.165, 1.54) is 144 Å². The number of fused-ring (bicyclic) bond motifs is 2. The fourth-order valence-electron chi connectivity index (χ4n) is 16.7. The zero-order valence-corrected chi connectivity index (χ0v) is 94.8. The SMILES string of the molecule is Cc1cc(C)cc(-c2cc[c-]c(-c3cc(C)ccn3)c2)c1.Cc1cc(C)cc(-c2cc[c-]c(-c3ccccn3)c2)c1.Cc1cc(C)cc(-c2cc[c-]c(-c3nccc4ccccc34)c2)c1.Cc1cc[c-]c(-c2ccccn2)c1.Cc1cc[c-]c(-c2nccc3ccccc23)c1.Cc1ccc(-c2[c-]ccc(-c3cc(C)cc(C)c3)c2)nc1.Cc1ccc(-c2[c-]ccc(C)c2)nc1.Cc1ccc(-c2[c-]cccc2)nc1.[Ir].[Ir].[Ir].[Ir]. The summed E-state index contributed by atoms with van der Waals surface area (Å²) in [6.07, 6.45) is 14.8. The van der Waals surface area contributed by atoms with E-state index in [0.717, 1.165) is 95.4 Å². The molecule has 0 atom stereocenters. The number of benzene rings is 14. The normalized spacial score (nSPS) is 10.2. The zero-order valence-electron chi connectivity index (χ0n) is 85.2. The molecule has 0 aliphatic rings. The Hall–Kier alpha value is -14.6. The van der Waals surface area contributed by atoms with E-state index in [9.17, 15) is 0 Å². The van der Waals surface area contributed by atoms with Gasteiger partial charge in [-0.15, -0.1) is 284 Å². The standard InChI is InChI=1S/C23H18N.2C20H18N.C19H16N.C16H12N.C13H12N.2C12H10N.4Ir/c1-16-12-17(2)14-21(13-16)19-7-5-8-20(15-19)23-22-9-4-3-6-18(22)10-11-24-23;1-14-7-8-20(21-13-14)18-6-4-5-17(12-18)19-10-15(2)9-16(3)11-19;1-14-7-8-21-20(12-14)18-6-4-5-17(13-18)19-10-15(2)9-16(3)11-19;1-14-10-15(2)12-18(11-14)16-6-5-7-17(13-16)19-8-3-4-9-20-19;1-12-5-4-7-14(11-12)16-15-8-3-2-6-13(15)9-10-17-16;1-10-4-3-5-12(8-10)13-7-6-11(2)9-14-13;1-10-5-4-6-11(9-10)12-7-2-3-8-13-12;1-10-7-8-12(13-9-10)11-5-3-2-4-6-11;;;;/h3-7,9-15H,1-2H3;2*4-5,7-13H,1-3H3;3-6,8-13H,1-2H3;2-6,8-11H,1H3;3-4,6-9H,1-2H3;2*2-5,7-9H,1H3;;;;/q8*-1;;;;. The van der Waals surface area contributed by atoms with Crippen molar-refractivity contribution in [2.45, 2.75) is 104 Å². The van der Waals surface area contributed by atoms with Crippen molar-refractivity contribution in [3.05, 3.63) is 552 Å². The third-order valence-electron chi connectivity index (χ3n) is 23.5. The summed E-state index contributed by atoms with van der Waals surface area (Å²) < 4.78 is 0. The molecule has 14 aromatic carbocycles. The van der Waals surface area contributed by atoms with Gasteiger partial charge in [0, 0.05) is 130 Å². The van der Waals surface area contributed by atoms with Crippen LogP contribution in [0.5, 0.6) is 0 Å². The molecule has 12 heteroatoms. The second-order valence-corrected chi connectivity index (χ2v) is 36.2. The minimum absolute atomic E-state index is 0. The fourth-order valence-corrected chi connectivity index (χ4v) is 16.7. The summed E-state index contributed by atoms with van der Waals surface area (Å²) in [7, 11) is 0. The molecule has 0 N–H and O–H groups in total. The molecule has 0 spiro atoms. The Labute approximate surface area is 923 Å². The molecule has 4 radical (unpaired) electrons. The molecule has 0 aliphatic heterocycles. The van der Waals surface area contributed by atoms with Gasteiger partial charge >= 0.3 is 0 Å². The number of hydrogen-bond acceptors (Lipinski definition) is 8. The molecule has 0 bridgehead atoms. The summed E-state index contributed by atoms with van der Waals surface area (Å²) in [5.41, 5.74) is 44.7. The van der Waals surface area contributed by atoms with Gasteiger partial charge in [0.05, 0.1) is 0 Å². The van der Waals surface area contributed by atoms with Crippen LogP contribution in [0.25, 0.3) is 156 Å². The molecule has 8 nitrogen and oxygen atoms in total. The monoisotopic (exact) mass is 2620 g/mol. The van der Waals surface area contributed by atoms with Crippen molar-refractivity contribution in [3.63, 3.8) is 0 Å². The number of nitrogens with zero attached hydrogens (tertiary/aromatic N) is 8. The van der Waals surface area contributed by atoms with Crippen LogP contribution >= 0.6 is 0 Å². The molecule has 0 saturated carbocycles. The van der Waals surface area contributed by atoms with Gasteiger partial charge in [-0.05, 0) is 219 Å². The summed E-state index contributed by atoms with van der Waals surface area (Å²) in [6.45, 7) is 31.5. The van der Waals surface area contributed by atoms with Crippen LogP contribution in [0.3, 0.4) is 0 Å². The Morgan fingerprint density at radius 3 is 0.748 bits per heavy atom. The Morgan fingerprint density at radius 1 is 0.150 bits per heavy atom. The first-order valence-corrected chi connectivity index (χ1v) is 48.0. The Balaban J connectivity index is 0.000000160. The molecule has 22 aromatic rings. The zero-order chi connectivity index (χ0) is 99.9. The van der Waals surface area contributed by atoms with Gasteiger partial charge in [-0.1, -0.05) is 259 Å². The first-order valence-electron chi connectivity index (χ1n) is 48.0. The Morgan fingerprint density at radius 2 is 0.422 bits per heavy atom. The van der Waals surface area contributed by atoms with Crippen LogP contribution in [0.4, 0.5) is 0 Å². The number of aromatic nitrogens is 8. The maximum absolute atomic E-state index is 4.62. The Bertz CT molecular complexity index is 7910. The van der Waals surface area contributed by atoms with Crippen molar-refractivity contribution in [1.29, 1.82) is 0 Å². The number of pyridine rings is 8. The third-order valence-corrected chi connectivity index (χ3v) is 23.5. The van der Waals surface area contributed by atoms with Crippen LogP contribution in [0.2, 0.25) is 0 Å². The van der Waals surface area contributed by atoms with Gasteiger partial charge in [-0.2, -0.15) is 0 Å². The van der Waals surface area contributed by atoms with Gasteiger partial charge in [-0.3, -0.25) is 0 Å². The molecule has 0 unspecified atom stereocenters. The van der Waals surface area contributed by atoms with E-state index in [-0.39, 0.29) is 80.4 Å². The summed E-state index contributed by atoms with van der Waals surface area (Å²) >= 11 is 0. The maximum Gasteiger partial charge on any atom is 0.0190 e. The van der Waals surface area contributed by atoms with Gasteiger partial charge in [0.15, 0.2) is 0 Å². The van der Waals surface area contributed by atoms with E-state index in [1.54, 1.807) is 6.20 Å². The van der Waals surface area contributed by atoms with Crippen LogP contribution in [-0.4, -0.2) is 39.9 Å². The average molecular weight is 2620 g/mol. The van der Waals surface area contributed by atoms with Gasteiger partial charge in [0.25, 0.3) is 0 Å². The van der Waals surface area contributed by atoms with Crippen molar-refractivity contribution < 1.29 is 80.4 Å². The molecule has 0 fully saturated rings. The predicted octanol–water partition coefficient (Wildman–Crippen LogP) is 34.0. The van der Waals surface area contributed by atoms with Crippen LogP contribution in [0.1, 0.15) is 83.5 Å². The van der Waals surface area contributed by atoms with E-state index in [0.29, 0.717) is 0 Å². The summed E-state index contributed by atoms with van der Waals surface area (Å²) in [4.78, 5) is 35.4. The van der Waals surface area contributed by atoms with E-state index < -0.39 is 0 Å². The molecular weight excluding hydrogens is 2500 g/mol. The molecular formula is C135H114Ir4N8-8. The minimum Gasteiger partial charge on any atom is -0.305 e. The van der Waals surface area contributed by atoms with E-state index in [1.807, 2.05) is 228 Å². The molecule has 0 aliphatic carbocycles. The second kappa shape index (κ2) is 56.2. The van der Waals surface area contributed by atoms with Gasteiger partial charge in [-0.25, -0.2) is 0 Å². The topological polar surface area (TPSA) is 103 Å². The van der Waals surface area contributed by atoms with Crippen LogP contribution < -0.4 is 0 Å². The molecule has 8 heterocycles. The van der Waals surface area contributed by atoms with Gasteiger partial charge in [0.2, 0.25) is 0 Å². The van der Waals surface area contributed by atoms with Crippen molar-refractivity contribution in [1.82, 2.24) is 39.9 Å². The van der Waals surface area contributed by atoms with Crippen LogP contribution in [0.15, 0.2) is 420 Å². The largest absolute Gasteiger partial charge is 0.305 e. The number of rotatable bonds is 12. The first-order chi connectivity index (χ1) is 69.5. The van der Waals surface area contributed by atoms with Gasteiger partial charge in [0.1, 0.15) is 0 Å². The molecule has 0 amide bonds. The van der Waals surface area contributed by atoms with Crippen molar-refractivity contribution >= 4 is 21.5 Å². The van der Waals surface area contributed by atoms with E-state index >= 15 is 0 Å². The second-order valence-electron chi connectivity index (χ2n) is 36.2. The molecule has 147 heavy (non-hydrogen) atoms. The van der Waals surface area contributed by atoms with Crippen LogP contribution in [0, 0.1) is 152 Å². The van der Waals surface area contributed by atoms with E-state index in [4.69, 9.17) is 0 Å². The van der Waals surface area contributed by atoms with E-state index in [2.05, 4.69) is 378 Å². The number of hydrogen-bond donors (Lipinski definition) is 0. The summed E-state index contributed by atoms with van der Waals surface area (Å²) in [5, 5.41) is 4.76. The molecule has 8 aromatic heterocycles. The predicted molar refractivity (Wildman–Crippen MR) is 596 cm³/mol. The molecule has 0 saturated heterocycles. The minimum atomic E-state index is 0. The Kier molecular flexibility index (Phi) is 43.1. The van der Waals surface area contributed by atoms with Crippen molar-refractivity contribution in [3.8, 4) is 135 Å². The molecule has 22 rings (SSSR count). The average Bonchev–Trinajstić information content (AvgIpc) is 0.795. The fraction of sp³-hybridized carbons (Fsp3) is 0.111. The molecule has 738 valence electrons. The number of aryl methyl sites for hydroxylation is 15. The third kappa shape index (κ3) is 33.2. The van der Waals surface area contributed by atoms with Gasteiger partial charge < -0.3 is 39.9 Å². The van der Waals surface area contributed by atoms with Crippen molar-refractivity contribution in [2.75, 3.05) is 0 Å². The van der Waals surface area contributed by atoms with Crippen molar-refractivity contribution in [2.24, 2.45) is 0 Å². The smallest absolute Gasteiger partial charge is 0.0190 e. The maximum atomic E-state index is 4.62.